The van der Waals surface area contributed by atoms with Gasteiger partial charge in [-0.1, -0.05) is 26.0 Å². The lowest BCUT2D eigenvalue weighted by atomic mass is 10.0. The van der Waals surface area contributed by atoms with Crippen LogP contribution in [0.3, 0.4) is 0 Å². The quantitative estimate of drug-likeness (QED) is 0.630. The summed E-state index contributed by atoms with van der Waals surface area (Å²) in [5.74, 6) is 1.59. The number of carbonyl (C=O) groups is 1. The summed E-state index contributed by atoms with van der Waals surface area (Å²) in [6.07, 6.45) is 3.17. The Balaban J connectivity index is 0.00000576. The van der Waals surface area contributed by atoms with Crippen LogP contribution < -0.4 is 10.5 Å². The molecule has 1 aromatic rings. The van der Waals surface area contributed by atoms with E-state index in [2.05, 4.69) is 45.9 Å². The Hall–Kier alpha value is -1.26. The number of nitrogens with two attached hydrogens (primary N) is 1. The van der Waals surface area contributed by atoms with Crippen LogP contribution in [-0.2, 0) is 4.79 Å². The summed E-state index contributed by atoms with van der Waals surface area (Å²) in [6.45, 7) is 9.72. The van der Waals surface area contributed by atoms with Gasteiger partial charge in [0.25, 0.3) is 0 Å². The molecule has 5 heteroatoms. The molecule has 1 amide bonds. The van der Waals surface area contributed by atoms with Gasteiger partial charge in [-0.2, -0.15) is 0 Å². The van der Waals surface area contributed by atoms with Crippen molar-refractivity contribution in [1.82, 2.24) is 4.90 Å². The number of benzene rings is 1. The molecule has 0 aliphatic carbocycles. The normalized spacial score (nSPS) is 11.8. The van der Waals surface area contributed by atoms with Crippen LogP contribution in [0.2, 0.25) is 0 Å². The van der Waals surface area contributed by atoms with Crippen LogP contribution in [-0.4, -0.2) is 37.0 Å². The molecule has 1 unspecified atom stereocenters. The van der Waals surface area contributed by atoms with Crippen LogP contribution in [0, 0.1) is 19.8 Å². The lowest BCUT2D eigenvalue weighted by molar-refractivity contribution is -0.130. The van der Waals surface area contributed by atoms with Gasteiger partial charge in [0.1, 0.15) is 5.75 Å². The first-order valence-corrected chi connectivity index (χ1v) is 9.01. The molecule has 2 N–H and O–H groups in total. The summed E-state index contributed by atoms with van der Waals surface area (Å²) < 4.78 is 5.82. The van der Waals surface area contributed by atoms with E-state index in [-0.39, 0.29) is 24.4 Å². The Morgan fingerprint density at radius 3 is 2.56 bits per heavy atom. The average molecular weight is 371 g/mol. The molecule has 1 rings (SSSR count). The maximum absolute atomic E-state index is 12.1. The third-order valence-electron chi connectivity index (χ3n) is 4.47. The van der Waals surface area contributed by atoms with E-state index in [9.17, 15) is 4.79 Å². The van der Waals surface area contributed by atoms with Crippen molar-refractivity contribution in [2.45, 2.75) is 59.4 Å². The van der Waals surface area contributed by atoms with E-state index in [1.807, 2.05) is 7.05 Å². The van der Waals surface area contributed by atoms with E-state index in [0.29, 0.717) is 18.9 Å². The lowest BCUT2D eigenvalue weighted by Gasteiger charge is -2.21. The molecule has 4 nitrogen and oxygen atoms in total. The molecule has 0 bridgehead atoms. The molecule has 0 heterocycles. The third-order valence-corrected chi connectivity index (χ3v) is 4.47. The number of ether oxygens (including phenoxy) is 1. The minimum atomic E-state index is 0. The topological polar surface area (TPSA) is 55.6 Å². The number of rotatable bonds is 10. The highest BCUT2D eigenvalue weighted by atomic mass is 35.5. The van der Waals surface area contributed by atoms with Crippen molar-refractivity contribution in [3.63, 3.8) is 0 Å². The summed E-state index contributed by atoms with van der Waals surface area (Å²) in [7, 11) is 1.86. The molecular formula is C20H35ClN2O2. The minimum Gasteiger partial charge on any atom is -0.493 e. The van der Waals surface area contributed by atoms with Gasteiger partial charge >= 0.3 is 0 Å². The molecule has 0 saturated heterocycles. The molecular weight excluding hydrogens is 336 g/mol. The fourth-order valence-corrected chi connectivity index (χ4v) is 2.41. The molecule has 0 fully saturated rings. The van der Waals surface area contributed by atoms with Crippen LogP contribution in [0.25, 0.3) is 0 Å². The summed E-state index contributed by atoms with van der Waals surface area (Å²) in [5, 5.41) is 0. The Morgan fingerprint density at radius 1 is 1.24 bits per heavy atom. The van der Waals surface area contributed by atoms with Gasteiger partial charge in [0.05, 0.1) is 6.61 Å². The molecule has 0 spiro atoms. The Kier molecular flexibility index (Phi) is 11.5. The van der Waals surface area contributed by atoms with Crippen molar-refractivity contribution < 1.29 is 9.53 Å². The van der Waals surface area contributed by atoms with Crippen molar-refractivity contribution in [2.75, 3.05) is 20.2 Å². The highest BCUT2D eigenvalue weighted by molar-refractivity contribution is 5.85. The van der Waals surface area contributed by atoms with Gasteiger partial charge in [0.15, 0.2) is 0 Å². The molecule has 1 aromatic carbocycles. The molecule has 0 radical (unpaired) electrons. The zero-order valence-electron chi connectivity index (χ0n) is 16.4. The van der Waals surface area contributed by atoms with E-state index in [0.717, 1.165) is 37.1 Å². The van der Waals surface area contributed by atoms with Crippen molar-refractivity contribution in [3.05, 3.63) is 29.3 Å². The van der Waals surface area contributed by atoms with E-state index >= 15 is 0 Å². The lowest BCUT2D eigenvalue weighted by Crippen LogP contribution is -2.34. The molecule has 1 atom stereocenters. The molecule has 0 aliphatic rings. The minimum absolute atomic E-state index is 0. The van der Waals surface area contributed by atoms with E-state index in [1.165, 1.54) is 5.56 Å². The number of carbonyl (C=O) groups excluding carboxylic acids is 1. The van der Waals surface area contributed by atoms with Crippen molar-refractivity contribution in [3.8, 4) is 5.75 Å². The number of unbranched alkanes of at least 4 members (excludes halogenated alkanes) is 1. The monoisotopic (exact) mass is 370 g/mol. The zero-order chi connectivity index (χ0) is 18.1. The summed E-state index contributed by atoms with van der Waals surface area (Å²) >= 11 is 0. The van der Waals surface area contributed by atoms with Crippen LogP contribution in [0.4, 0.5) is 0 Å². The molecule has 0 aliphatic heterocycles. The summed E-state index contributed by atoms with van der Waals surface area (Å²) in [6, 6.07) is 6.38. The second-order valence-corrected chi connectivity index (χ2v) is 7.09. The highest BCUT2D eigenvalue weighted by Crippen LogP contribution is 2.19. The molecule has 0 saturated carbocycles. The predicted octanol–water partition coefficient (Wildman–Crippen LogP) is 4.11. The maximum Gasteiger partial charge on any atom is 0.222 e. The van der Waals surface area contributed by atoms with Crippen molar-refractivity contribution in [2.24, 2.45) is 11.7 Å². The van der Waals surface area contributed by atoms with E-state index in [1.54, 1.807) is 4.90 Å². The third kappa shape index (κ3) is 9.13. The van der Waals surface area contributed by atoms with E-state index < -0.39 is 0 Å². The fraction of sp³-hybridized carbons (Fsp3) is 0.650. The predicted molar refractivity (Wildman–Crippen MR) is 108 cm³/mol. The number of aryl methyl sites for hydroxylation is 2. The van der Waals surface area contributed by atoms with Gasteiger partial charge < -0.3 is 15.4 Å². The summed E-state index contributed by atoms with van der Waals surface area (Å²) in [4.78, 5) is 13.9. The SMILES string of the molecule is Cc1ccc(C)c(OCCCCC(=O)N(C)CCC(N)C(C)C)c1.Cl. The van der Waals surface area contributed by atoms with Crippen LogP contribution in [0.15, 0.2) is 18.2 Å². The average Bonchev–Trinajstić information content (AvgIpc) is 2.54. The smallest absolute Gasteiger partial charge is 0.222 e. The zero-order valence-corrected chi connectivity index (χ0v) is 17.2. The Morgan fingerprint density at radius 2 is 1.92 bits per heavy atom. The largest absolute Gasteiger partial charge is 0.493 e. The maximum atomic E-state index is 12.1. The van der Waals surface area contributed by atoms with E-state index in [4.69, 9.17) is 10.5 Å². The summed E-state index contributed by atoms with van der Waals surface area (Å²) in [5.41, 5.74) is 8.38. The number of halogens is 1. The first-order valence-electron chi connectivity index (χ1n) is 9.01. The highest BCUT2D eigenvalue weighted by Gasteiger charge is 2.12. The van der Waals surface area contributed by atoms with Gasteiger partial charge in [0, 0.05) is 26.1 Å². The number of hydrogen-bond acceptors (Lipinski definition) is 3. The van der Waals surface area contributed by atoms with Crippen LogP contribution in [0.1, 0.15) is 50.7 Å². The van der Waals surface area contributed by atoms with Gasteiger partial charge in [-0.15, -0.1) is 12.4 Å². The molecule has 25 heavy (non-hydrogen) atoms. The first-order chi connectivity index (χ1) is 11.3. The number of amides is 1. The second kappa shape index (κ2) is 12.2. The Bertz CT molecular complexity index is 520. The number of hydrogen-bond donors (Lipinski definition) is 1. The Labute approximate surface area is 159 Å². The number of nitrogens with zero attached hydrogens (tertiary/aromatic N) is 1. The van der Waals surface area contributed by atoms with Crippen LogP contribution in [0.5, 0.6) is 5.75 Å². The van der Waals surface area contributed by atoms with Crippen molar-refractivity contribution >= 4 is 18.3 Å². The molecule has 144 valence electrons. The fourth-order valence-electron chi connectivity index (χ4n) is 2.41. The van der Waals surface area contributed by atoms with Gasteiger partial charge in [0.2, 0.25) is 5.91 Å². The van der Waals surface area contributed by atoms with Gasteiger partial charge in [-0.3, -0.25) is 4.79 Å². The first kappa shape index (κ1) is 23.7. The molecule has 0 aromatic heterocycles. The van der Waals surface area contributed by atoms with Crippen molar-refractivity contribution in [1.29, 1.82) is 0 Å². The van der Waals surface area contributed by atoms with Gasteiger partial charge in [-0.25, -0.2) is 0 Å². The van der Waals surface area contributed by atoms with Crippen LogP contribution >= 0.6 is 12.4 Å². The van der Waals surface area contributed by atoms with Gasteiger partial charge in [-0.05, 0) is 56.2 Å². The second-order valence-electron chi connectivity index (χ2n) is 7.09. The standard InChI is InChI=1S/C20H34N2O2.ClH/c1-15(2)18(21)11-12-22(5)20(23)8-6-7-13-24-19-14-16(3)9-10-17(19)4;/h9-10,14-15,18H,6-8,11-13,21H2,1-5H3;1H.